The first kappa shape index (κ1) is 19.2. The molecule has 1 amide bonds. The van der Waals surface area contributed by atoms with E-state index in [-0.39, 0.29) is 11.2 Å². The molecule has 0 unspecified atom stereocenters. The van der Waals surface area contributed by atoms with E-state index in [1.807, 2.05) is 29.3 Å². The first-order valence-corrected chi connectivity index (χ1v) is 11.1. The number of piperazine rings is 1. The zero-order valence-electron chi connectivity index (χ0n) is 15.7. The maximum Gasteiger partial charge on any atom is 0.235 e. The second kappa shape index (κ2) is 8.46. The number of benzene rings is 1. The van der Waals surface area contributed by atoms with Crippen molar-refractivity contribution in [3.8, 4) is 0 Å². The molecule has 0 spiro atoms. The second-order valence-electron chi connectivity index (χ2n) is 6.88. The molecule has 3 aromatic rings. The fraction of sp³-hybridized carbons (Fsp3) is 0.350. The Balaban J connectivity index is 1.32. The number of hydrogen-bond acceptors (Lipinski definition) is 7. The first-order valence-electron chi connectivity index (χ1n) is 9.32. The number of fused-ring (bicyclic) bond motifs is 1. The Morgan fingerprint density at radius 3 is 2.68 bits per heavy atom. The summed E-state index contributed by atoms with van der Waals surface area (Å²) in [5, 5.41) is 3.16. The molecule has 1 saturated heterocycles. The van der Waals surface area contributed by atoms with Gasteiger partial charge in [0.1, 0.15) is 10.6 Å². The maximum absolute atomic E-state index is 12.9. The molecule has 2 aromatic heterocycles. The zero-order valence-corrected chi connectivity index (χ0v) is 17.4. The van der Waals surface area contributed by atoms with Crippen LogP contribution in [0.15, 0.2) is 46.9 Å². The summed E-state index contributed by atoms with van der Waals surface area (Å²) in [7, 11) is 0. The van der Waals surface area contributed by atoms with E-state index in [0.717, 1.165) is 42.9 Å². The Kier molecular flexibility index (Phi) is 5.79. The third-order valence-electron chi connectivity index (χ3n) is 4.90. The number of thioether (sulfide) groups is 1. The number of carbonyl (C=O) groups is 1. The molecule has 0 bridgehead atoms. The van der Waals surface area contributed by atoms with Gasteiger partial charge in [-0.2, -0.15) is 0 Å². The molecule has 1 atom stereocenters. The lowest BCUT2D eigenvalue weighted by atomic mass is 10.2. The molecule has 0 aliphatic carbocycles. The molecule has 8 heteroatoms. The van der Waals surface area contributed by atoms with Crippen LogP contribution in [0.4, 0.5) is 5.82 Å². The predicted octanol–water partition coefficient (Wildman–Crippen LogP) is 3.10. The van der Waals surface area contributed by atoms with Crippen molar-refractivity contribution >= 4 is 45.0 Å². The third kappa shape index (κ3) is 4.29. The van der Waals surface area contributed by atoms with E-state index >= 15 is 0 Å². The van der Waals surface area contributed by atoms with Crippen molar-refractivity contribution in [1.29, 1.82) is 0 Å². The lowest BCUT2D eigenvalue weighted by Gasteiger charge is -2.35. The molecule has 2 N–H and O–H groups in total. The van der Waals surface area contributed by atoms with Crippen molar-refractivity contribution in [2.75, 3.05) is 31.9 Å². The van der Waals surface area contributed by atoms with Crippen molar-refractivity contribution in [2.45, 2.75) is 23.9 Å². The topological polar surface area (TPSA) is 75.3 Å². The van der Waals surface area contributed by atoms with Crippen LogP contribution in [0, 0.1) is 0 Å². The molecule has 1 aromatic carbocycles. The van der Waals surface area contributed by atoms with E-state index in [4.69, 9.17) is 5.73 Å². The monoisotopic (exact) mass is 413 g/mol. The van der Waals surface area contributed by atoms with E-state index in [1.165, 1.54) is 28.7 Å². The molecule has 28 heavy (non-hydrogen) atoms. The van der Waals surface area contributed by atoms with Crippen LogP contribution in [-0.2, 0) is 11.3 Å². The van der Waals surface area contributed by atoms with Gasteiger partial charge >= 0.3 is 0 Å². The molecule has 1 aliphatic heterocycles. The van der Waals surface area contributed by atoms with Crippen molar-refractivity contribution in [2.24, 2.45) is 0 Å². The highest BCUT2D eigenvalue weighted by atomic mass is 32.2. The summed E-state index contributed by atoms with van der Waals surface area (Å²) in [4.78, 5) is 27.0. The van der Waals surface area contributed by atoms with E-state index in [2.05, 4.69) is 39.1 Å². The summed E-state index contributed by atoms with van der Waals surface area (Å²) in [6, 6.07) is 12.4. The highest BCUT2D eigenvalue weighted by molar-refractivity contribution is 8.00. The van der Waals surface area contributed by atoms with Crippen molar-refractivity contribution in [1.82, 2.24) is 19.8 Å². The van der Waals surface area contributed by atoms with E-state index < -0.39 is 0 Å². The number of anilines is 1. The van der Waals surface area contributed by atoms with Gasteiger partial charge in [0.25, 0.3) is 0 Å². The van der Waals surface area contributed by atoms with E-state index in [9.17, 15) is 4.79 Å². The molecule has 3 heterocycles. The number of nitrogens with zero attached hydrogens (tertiary/aromatic N) is 4. The Hall–Kier alpha value is -2.16. The van der Waals surface area contributed by atoms with Crippen LogP contribution in [0.2, 0.25) is 0 Å². The van der Waals surface area contributed by atoms with Crippen molar-refractivity contribution < 1.29 is 4.79 Å². The zero-order chi connectivity index (χ0) is 19.5. The fourth-order valence-electron chi connectivity index (χ4n) is 3.34. The van der Waals surface area contributed by atoms with Crippen LogP contribution in [0.5, 0.6) is 0 Å². The highest BCUT2D eigenvalue weighted by Gasteiger charge is 2.26. The molecule has 1 fully saturated rings. The molecule has 6 nitrogen and oxygen atoms in total. The van der Waals surface area contributed by atoms with Crippen LogP contribution in [0.3, 0.4) is 0 Å². The summed E-state index contributed by atoms with van der Waals surface area (Å²) in [6.45, 7) is 6.14. The molecule has 0 radical (unpaired) electrons. The van der Waals surface area contributed by atoms with Gasteiger partial charge in [-0.25, -0.2) is 9.97 Å². The maximum atomic E-state index is 12.9. The van der Waals surface area contributed by atoms with Gasteiger partial charge in [-0.3, -0.25) is 9.69 Å². The largest absolute Gasteiger partial charge is 0.383 e. The standard InChI is InChI=1S/C20H23N5OS2/c1-14(28-20-22-17(21)16-7-12-27-18(16)23-20)19(26)25-10-8-24(9-11-25)13-15-5-3-2-4-6-15/h2-7,12,14H,8-11,13H2,1H3,(H2,21,22,23)/t14-/m1/s1. The number of carbonyl (C=O) groups excluding carboxylic acids is 1. The van der Waals surface area contributed by atoms with Gasteiger partial charge in [0.15, 0.2) is 5.16 Å². The predicted molar refractivity (Wildman–Crippen MR) is 115 cm³/mol. The lowest BCUT2D eigenvalue weighted by molar-refractivity contribution is -0.132. The fourth-order valence-corrected chi connectivity index (χ4v) is 5.03. The van der Waals surface area contributed by atoms with Gasteiger partial charge in [-0.1, -0.05) is 42.1 Å². The van der Waals surface area contributed by atoms with Crippen LogP contribution in [-0.4, -0.2) is 57.1 Å². The molecule has 1 aliphatic rings. The van der Waals surface area contributed by atoms with Gasteiger partial charge < -0.3 is 10.6 Å². The molecule has 146 valence electrons. The number of thiophene rings is 1. The first-order chi connectivity index (χ1) is 13.6. The van der Waals surface area contributed by atoms with Gasteiger partial charge in [0, 0.05) is 32.7 Å². The van der Waals surface area contributed by atoms with Crippen molar-refractivity contribution in [3.63, 3.8) is 0 Å². The Morgan fingerprint density at radius 1 is 1.18 bits per heavy atom. The Bertz CT molecular complexity index is 954. The number of hydrogen-bond donors (Lipinski definition) is 1. The highest BCUT2D eigenvalue weighted by Crippen LogP contribution is 2.28. The number of nitrogens with two attached hydrogens (primary N) is 1. The number of aromatic nitrogens is 2. The SMILES string of the molecule is C[C@@H](Sc1nc(N)c2ccsc2n1)C(=O)N1CCN(Cc2ccccc2)CC1. The summed E-state index contributed by atoms with van der Waals surface area (Å²) < 4.78 is 0. The number of nitrogen functional groups attached to an aromatic ring is 1. The Morgan fingerprint density at radius 2 is 1.93 bits per heavy atom. The van der Waals surface area contributed by atoms with Crippen LogP contribution >= 0.6 is 23.1 Å². The van der Waals surface area contributed by atoms with E-state index in [1.54, 1.807) is 0 Å². The quantitative estimate of drug-likeness (QED) is 0.512. The number of rotatable bonds is 5. The average molecular weight is 414 g/mol. The average Bonchev–Trinajstić information content (AvgIpc) is 3.18. The molecule has 4 rings (SSSR count). The van der Waals surface area contributed by atoms with Crippen LogP contribution in [0.1, 0.15) is 12.5 Å². The van der Waals surface area contributed by atoms with Crippen LogP contribution in [0.25, 0.3) is 10.2 Å². The normalized spacial score (nSPS) is 16.4. The van der Waals surface area contributed by atoms with Gasteiger partial charge in [-0.05, 0) is 23.9 Å². The summed E-state index contributed by atoms with van der Waals surface area (Å²) >= 11 is 2.92. The minimum Gasteiger partial charge on any atom is -0.383 e. The second-order valence-corrected chi connectivity index (χ2v) is 9.08. The third-order valence-corrected chi connectivity index (χ3v) is 6.65. The summed E-state index contributed by atoms with van der Waals surface area (Å²) in [5.41, 5.74) is 7.33. The minimum atomic E-state index is -0.238. The van der Waals surface area contributed by atoms with E-state index in [0.29, 0.717) is 11.0 Å². The summed E-state index contributed by atoms with van der Waals surface area (Å²) in [5.74, 6) is 0.612. The van der Waals surface area contributed by atoms with Crippen molar-refractivity contribution in [3.05, 3.63) is 47.3 Å². The minimum absolute atomic E-state index is 0.137. The van der Waals surface area contributed by atoms with Gasteiger partial charge in [0.05, 0.1) is 10.6 Å². The lowest BCUT2D eigenvalue weighted by Crippen LogP contribution is -2.50. The van der Waals surface area contributed by atoms with Crippen LogP contribution < -0.4 is 5.73 Å². The number of amides is 1. The molecular weight excluding hydrogens is 390 g/mol. The molecule has 0 saturated carbocycles. The Labute approximate surface area is 172 Å². The van der Waals surface area contributed by atoms with Gasteiger partial charge in [0.2, 0.25) is 5.91 Å². The summed E-state index contributed by atoms with van der Waals surface area (Å²) in [6.07, 6.45) is 0. The van der Waals surface area contributed by atoms with Gasteiger partial charge in [-0.15, -0.1) is 11.3 Å². The smallest absolute Gasteiger partial charge is 0.235 e. The molecular formula is C20H23N5OS2.